The Bertz CT molecular complexity index is 854. The number of carbonyl (C=O) groups excluding carboxylic acids is 1. The summed E-state index contributed by atoms with van der Waals surface area (Å²) in [5.41, 5.74) is 7.26. The average molecular weight is 351 g/mol. The average Bonchev–Trinajstić information content (AvgIpc) is 2.64. The Morgan fingerprint density at radius 2 is 2.04 bits per heavy atom. The number of nitrogens with zero attached hydrogens (tertiary/aromatic N) is 5. The maximum atomic E-state index is 11.8. The fraction of sp³-hybridized carbons (Fsp3) is 0.235. The van der Waals surface area contributed by atoms with Crippen molar-refractivity contribution < 1.29 is 9.53 Å². The van der Waals surface area contributed by atoms with E-state index in [0.29, 0.717) is 17.1 Å². The molecule has 9 nitrogen and oxygen atoms in total. The van der Waals surface area contributed by atoms with Crippen molar-refractivity contribution in [2.75, 3.05) is 35.6 Å². The molecule has 0 aliphatic rings. The first-order chi connectivity index (χ1) is 12.6. The molecule has 0 unspecified atom stereocenters. The molecular formula is C17H17N7O2. The molecule has 1 heterocycles. The number of nitriles is 2. The normalized spacial score (nSPS) is 9.65. The number of anilines is 4. The monoisotopic (exact) mass is 351 g/mol. The summed E-state index contributed by atoms with van der Waals surface area (Å²) in [5, 5.41) is 20.8. The maximum Gasteiger partial charge on any atom is 0.338 e. The van der Waals surface area contributed by atoms with Gasteiger partial charge in [-0.1, -0.05) is 6.07 Å². The van der Waals surface area contributed by atoms with E-state index >= 15 is 0 Å². The van der Waals surface area contributed by atoms with Crippen molar-refractivity contribution in [2.24, 2.45) is 0 Å². The number of esters is 1. The van der Waals surface area contributed by atoms with Crippen LogP contribution in [-0.4, -0.2) is 35.6 Å². The van der Waals surface area contributed by atoms with Crippen LogP contribution < -0.4 is 16.0 Å². The lowest BCUT2D eigenvalue weighted by Crippen LogP contribution is -2.26. The van der Waals surface area contributed by atoms with Crippen LogP contribution in [-0.2, 0) is 4.74 Å². The number of hydrogen-bond donors (Lipinski definition) is 2. The number of nitrogens with one attached hydrogen (secondary N) is 1. The molecule has 1 aromatic heterocycles. The van der Waals surface area contributed by atoms with Gasteiger partial charge in [0.1, 0.15) is 25.1 Å². The Kier molecular flexibility index (Phi) is 6.29. The first kappa shape index (κ1) is 18.5. The van der Waals surface area contributed by atoms with Crippen LogP contribution in [0.4, 0.5) is 23.0 Å². The lowest BCUT2D eigenvalue weighted by atomic mass is 10.2. The number of rotatable bonds is 7. The van der Waals surface area contributed by atoms with Gasteiger partial charge in [-0.3, -0.25) is 0 Å². The molecule has 0 saturated carbocycles. The number of carbonyl (C=O) groups is 1. The summed E-state index contributed by atoms with van der Waals surface area (Å²) >= 11 is 0. The number of aromatic nitrogens is 2. The Morgan fingerprint density at radius 1 is 1.31 bits per heavy atom. The molecule has 2 rings (SSSR count). The van der Waals surface area contributed by atoms with Crippen LogP contribution in [0.3, 0.4) is 0 Å². The van der Waals surface area contributed by atoms with Gasteiger partial charge in [0, 0.05) is 5.69 Å². The van der Waals surface area contributed by atoms with E-state index in [1.807, 2.05) is 12.1 Å². The third kappa shape index (κ3) is 4.36. The van der Waals surface area contributed by atoms with Gasteiger partial charge in [-0.25, -0.2) is 14.8 Å². The van der Waals surface area contributed by atoms with Crippen molar-refractivity contribution in [1.29, 1.82) is 10.5 Å². The number of nitrogen functional groups attached to an aromatic ring is 1. The number of benzene rings is 1. The Labute approximate surface area is 150 Å². The smallest absolute Gasteiger partial charge is 0.338 e. The van der Waals surface area contributed by atoms with Crippen LogP contribution in [0, 0.1) is 22.7 Å². The van der Waals surface area contributed by atoms with E-state index in [4.69, 9.17) is 21.0 Å². The van der Waals surface area contributed by atoms with Crippen LogP contribution in [0.15, 0.2) is 30.6 Å². The predicted molar refractivity (Wildman–Crippen MR) is 95.6 cm³/mol. The van der Waals surface area contributed by atoms with Gasteiger partial charge >= 0.3 is 5.97 Å². The lowest BCUT2D eigenvalue weighted by Gasteiger charge is -2.20. The van der Waals surface area contributed by atoms with E-state index in [1.54, 1.807) is 31.2 Å². The van der Waals surface area contributed by atoms with Crippen LogP contribution in [0.1, 0.15) is 17.3 Å². The van der Waals surface area contributed by atoms with Gasteiger partial charge < -0.3 is 20.7 Å². The third-order valence-corrected chi connectivity index (χ3v) is 3.32. The molecule has 0 aliphatic carbocycles. The zero-order valence-electron chi connectivity index (χ0n) is 14.1. The summed E-state index contributed by atoms with van der Waals surface area (Å²) in [6.45, 7) is 1.95. The predicted octanol–water partition coefficient (Wildman–Crippen LogP) is 1.83. The minimum atomic E-state index is -0.429. The van der Waals surface area contributed by atoms with Crippen molar-refractivity contribution in [3.8, 4) is 12.1 Å². The zero-order chi connectivity index (χ0) is 18.9. The molecule has 3 N–H and O–H groups in total. The van der Waals surface area contributed by atoms with Crippen LogP contribution in [0.5, 0.6) is 0 Å². The van der Waals surface area contributed by atoms with Gasteiger partial charge in [0.05, 0.1) is 24.3 Å². The standard InChI is InChI=1S/C17H17N7O2/c1-2-26-17(25)12-4-3-5-13(10-12)23-15-14(20)16(22-11-21-15)24(8-6-18)9-7-19/h3-5,10-11H,2,8-9,20H2,1H3,(H,21,22,23). The quantitative estimate of drug-likeness (QED) is 0.564. The zero-order valence-corrected chi connectivity index (χ0v) is 14.1. The Balaban J connectivity index is 2.30. The van der Waals surface area contributed by atoms with Gasteiger partial charge in [0.15, 0.2) is 11.6 Å². The van der Waals surface area contributed by atoms with Crippen LogP contribution >= 0.6 is 0 Å². The molecule has 132 valence electrons. The first-order valence-corrected chi connectivity index (χ1v) is 7.74. The highest BCUT2D eigenvalue weighted by Crippen LogP contribution is 2.28. The minimum Gasteiger partial charge on any atom is -0.462 e. The van der Waals surface area contributed by atoms with E-state index in [0.717, 1.165) is 0 Å². The van der Waals surface area contributed by atoms with Crippen molar-refractivity contribution in [1.82, 2.24) is 9.97 Å². The lowest BCUT2D eigenvalue weighted by molar-refractivity contribution is 0.0526. The summed E-state index contributed by atoms with van der Waals surface area (Å²) in [4.78, 5) is 21.4. The van der Waals surface area contributed by atoms with E-state index in [1.165, 1.54) is 11.2 Å². The Morgan fingerprint density at radius 3 is 2.69 bits per heavy atom. The van der Waals surface area contributed by atoms with E-state index in [-0.39, 0.29) is 31.2 Å². The molecule has 0 bridgehead atoms. The highest BCUT2D eigenvalue weighted by Gasteiger charge is 2.15. The molecular weight excluding hydrogens is 334 g/mol. The van der Waals surface area contributed by atoms with Gasteiger partial charge in [0.2, 0.25) is 0 Å². The fourth-order valence-corrected chi connectivity index (χ4v) is 2.19. The summed E-state index contributed by atoms with van der Waals surface area (Å²) < 4.78 is 4.98. The Hall–Kier alpha value is -3.85. The SMILES string of the molecule is CCOC(=O)c1cccc(Nc2ncnc(N(CC#N)CC#N)c2N)c1. The van der Waals surface area contributed by atoms with E-state index in [9.17, 15) is 4.79 Å². The molecule has 0 aliphatic heterocycles. The van der Waals surface area contributed by atoms with Gasteiger partial charge in [-0.15, -0.1) is 0 Å². The van der Waals surface area contributed by atoms with Gasteiger partial charge in [0.25, 0.3) is 0 Å². The van der Waals surface area contributed by atoms with Crippen LogP contribution in [0.2, 0.25) is 0 Å². The molecule has 26 heavy (non-hydrogen) atoms. The second-order valence-corrected chi connectivity index (χ2v) is 5.06. The third-order valence-electron chi connectivity index (χ3n) is 3.32. The minimum absolute atomic E-state index is 0.0352. The van der Waals surface area contributed by atoms with Gasteiger partial charge in [-0.05, 0) is 25.1 Å². The molecule has 9 heteroatoms. The number of hydrogen-bond acceptors (Lipinski definition) is 9. The molecule has 0 spiro atoms. The summed E-state index contributed by atoms with van der Waals surface area (Å²) in [6.07, 6.45) is 1.28. The van der Waals surface area contributed by atoms with Gasteiger partial charge in [-0.2, -0.15) is 10.5 Å². The second-order valence-electron chi connectivity index (χ2n) is 5.06. The van der Waals surface area contributed by atoms with Crippen molar-refractivity contribution in [2.45, 2.75) is 6.92 Å². The number of nitrogens with two attached hydrogens (primary N) is 1. The number of ether oxygens (including phenoxy) is 1. The molecule has 0 atom stereocenters. The summed E-state index contributed by atoms with van der Waals surface area (Å²) in [5.74, 6) is 0.158. The fourth-order valence-electron chi connectivity index (χ4n) is 2.19. The van der Waals surface area contributed by atoms with Crippen LogP contribution in [0.25, 0.3) is 0 Å². The molecule has 0 saturated heterocycles. The molecule has 0 amide bonds. The second kappa shape index (κ2) is 8.85. The van der Waals surface area contributed by atoms with Crippen molar-refractivity contribution in [3.63, 3.8) is 0 Å². The highest BCUT2D eigenvalue weighted by atomic mass is 16.5. The maximum absolute atomic E-state index is 11.8. The molecule has 1 aromatic carbocycles. The topological polar surface area (TPSA) is 141 Å². The van der Waals surface area contributed by atoms with E-state index in [2.05, 4.69) is 15.3 Å². The highest BCUT2D eigenvalue weighted by molar-refractivity contribution is 5.91. The molecule has 2 aromatic rings. The summed E-state index contributed by atoms with van der Waals surface area (Å²) in [6, 6.07) is 10.6. The largest absolute Gasteiger partial charge is 0.462 e. The molecule has 0 fully saturated rings. The van der Waals surface area contributed by atoms with E-state index < -0.39 is 5.97 Å². The van der Waals surface area contributed by atoms with Crippen molar-refractivity contribution in [3.05, 3.63) is 36.2 Å². The molecule has 0 radical (unpaired) electrons. The first-order valence-electron chi connectivity index (χ1n) is 7.74. The summed E-state index contributed by atoms with van der Waals surface area (Å²) in [7, 11) is 0. The van der Waals surface area contributed by atoms with Crippen molar-refractivity contribution >= 4 is 29.0 Å².